The summed E-state index contributed by atoms with van der Waals surface area (Å²) in [6.45, 7) is 2.26. The molecular weight excluding hydrogens is 380 g/mol. The highest BCUT2D eigenvalue weighted by atomic mass is 32.2. The van der Waals surface area contributed by atoms with Gasteiger partial charge in [-0.15, -0.1) is 10.2 Å². The van der Waals surface area contributed by atoms with Crippen molar-refractivity contribution in [3.8, 4) is 5.75 Å². The second-order valence-electron chi connectivity index (χ2n) is 4.91. The Hall–Kier alpha value is -1.78. The summed E-state index contributed by atoms with van der Waals surface area (Å²) >= 11 is 3.91. The first-order valence-corrected chi connectivity index (χ1v) is 9.98. The van der Waals surface area contributed by atoms with Gasteiger partial charge in [0.15, 0.2) is 8.68 Å². The summed E-state index contributed by atoms with van der Waals surface area (Å²) < 4.78 is 6.44. The van der Waals surface area contributed by atoms with Gasteiger partial charge in [-0.1, -0.05) is 47.0 Å². The summed E-state index contributed by atoms with van der Waals surface area (Å²) in [6, 6.07) is 7.52. The van der Waals surface area contributed by atoms with E-state index < -0.39 is 5.91 Å². The molecule has 0 aliphatic heterocycles. The second kappa shape index (κ2) is 9.64. The third-order valence-electron chi connectivity index (χ3n) is 3.00. The van der Waals surface area contributed by atoms with Crippen LogP contribution in [0.3, 0.4) is 0 Å². The van der Waals surface area contributed by atoms with Crippen LogP contribution in [0.1, 0.15) is 12.5 Å². The summed E-state index contributed by atoms with van der Waals surface area (Å²) in [5.41, 5.74) is 6.09. The molecule has 0 aliphatic carbocycles. The lowest BCUT2D eigenvalue weighted by Crippen LogP contribution is -2.30. The molecule has 2 aromatic rings. The Labute approximate surface area is 158 Å². The second-order valence-corrected chi connectivity index (χ2v) is 8.70. The molecule has 0 spiro atoms. The maximum absolute atomic E-state index is 12.2. The van der Waals surface area contributed by atoms with Gasteiger partial charge in [0.2, 0.25) is 11.8 Å². The molecule has 134 valence electrons. The van der Waals surface area contributed by atoms with Gasteiger partial charge in [0, 0.05) is 6.54 Å². The predicted octanol–water partition coefficient (Wildman–Crippen LogP) is 1.92. The molecule has 0 bridgehead atoms. The number of nitrogens with one attached hydrogen (secondary N) is 1. The van der Waals surface area contributed by atoms with Gasteiger partial charge in [0.05, 0.1) is 18.1 Å². The number of ether oxygens (including phenoxy) is 1. The molecule has 0 fully saturated rings. The molecule has 0 saturated heterocycles. The number of hydrogen-bond acceptors (Lipinski definition) is 8. The lowest BCUT2D eigenvalue weighted by atomic mass is 10.2. The molecule has 0 radical (unpaired) electrons. The number of primary amides is 1. The highest BCUT2D eigenvalue weighted by Gasteiger charge is 2.17. The Morgan fingerprint density at radius 3 is 2.60 bits per heavy atom. The number of rotatable bonds is 9. The van der Waals surface area contributed by atoms with E-state index in [1.54, 1.807) is 7.11 Å². The van der Waals surface area contributed by atoms with E-state index in [1.165, 1.54) is 34.9 Å². The average molecular weight is 399 g/mol. The summed E-state index contributed by atoms with van der Waals surface area (Å²) in [4.78, 5) is 23.0. The fourth-order valence-electron chi connectivity index (χ4n) is 1.72. The van der Waals surface area contributed by atoms with Crippen molar-refractivity contribution < 1.29 is 14.3 Å². The number of carbonyl (C=O) groups is 2. The van der Waals surface area contributed by atoms with Crippen LogP contribution < -0.4 is 15.8 Å². The largest absolute Gasteiger partial charge is 0.497 e. The Bertz CT molecular complexity index is 721. The summed E-state index contributed by atoms with van der Waals surface area (Å²) in [7, 11) is 1.61. The molecule has 0 unspecified atom stereocenters. The topological polar surface area (TPSA) is 107 Å². The van der Waals surface area contributed by atoms with Crippen molar-refractivity contribution in [1.29, 1.82) is 0 Å². The zero-order valence-corrected chi connectivity index (χ0v) is 16.2. The van der Waals surface area contributed by atoms with Crippen molar-refractivity contribution >= 4 is 46.7 Å². The van der Waals surface area contributed by atoms with Gasteiger partial charge in [-0.05, 0) is 24.6 Å². The first kappa shape index (κ1) is 19.5. The Morgan fingerprint density at radius 1 is 1.28 bits per heavy atom. The first-order chi connectivity index (χ1) is 12.0. The molecule has 1 aromatic carbocycles. The van der Waals surface area contributed by atoms with Gasteiger partial charge < -0.3 is 15.8 Å². The standard InChI is InChI=1S/C15H18N4O3S3/c1-9(24-15-19-18-14(25-15)23-8-12(16)20)13(21)17-7-10-3-5-11(22-2)6-4-10/h3-6,9H,7-8H2,1-2H3,(H2,16,20)(H,17,21)/t9-/m0/s1. The van der Waals surface area contributed by atoms with Gasteiger partial charge in [-0.2, -0.15) is 0 Å². The number of nitrogens with zero attached hydrogens (tertiary/aromatic N) is 2. The summed E-state index contributed by atoms with van der Waals surface area (Å²) in [5.74, 6) is 0.459. The molecule has 0 saturated carbocycles. The SMILES string of the molecule is COc1ccc(CNC(=O)[C@H](C)Sc2nnc(SCC(N)=O)s2)cc1. The number of methoxy groups -OCH3 is 1. The minimum absolute atomic E-state index is 0.0812. The van der Waals surface area contributed by atoms with Gasteiger partial charge in [0.25, 0.3) is 0 Å². The van der Waals surface area contributed by atoms with E-state index in [9.17, 15) is 9.59 Å². The van der Waals surface area contributed by atoms with Crippen molar-refractivity contribution in [2.45, 2.75) is 27.4 Å². The van der Waals surface area contributed by atoms with Crippen molar-refractivity contribution in [1.82, 2.24) is 15.5 Å². The van der Waals surface area contributed by atoms with Gasteiger partial charge in [-0.3, -0.25) is 9.59 Å². The molecule has 2 amide bonds. The fourth-order valence-corrected chi connectivity index (χ4v) is 4.64. The highest BCUT2D eigenvalue weighted by Crippen LogP contribution is 2.31. The Balaban J connectivity index is 1.80. The molecule has 1 atom stereocenters. The predicted molar refractivity (Wildman–Crippen MR) is 100.0 cm³/mol. The molecule has 1 aromatic heterocycles. The molecule has 1 heterocycles. The number of aromatic nitrogens is 2. The lowest BCUT2D eigenvalue weighted by molar-refractivity contribution is -0.120. The number of hydrogen-bond donors (Lipinski definition) is 2. The third-order valence-corrected chi connectivity index (χ3v) is 6.26. The van der Waals surface area contributed by atoms with E-state index in [1.807, 2.05) is 31.2 Å². The number of carbonyl (C=O) groups excluding carboxylic acids is 2. The Kier molecular flexibility index (Phi) is 7.53. The van der Waals surface area contributed by atoms with E-state index in [4.69, 9.17) is 10.5 Å². The minimum Gasteiger partial charge on any atom is -0.497 e. The summed E-state index contributed by atoms with van der Waals surface area (Å²) in [6.07, 6.45) is 0. The monoisotopic (exact) mass is 398 g/mol. The molecule has 2 rings (SSSR count). The van der Waals surface area contributed by atoms with E-state index >= 15 is 0 Å². The lowest BCUT2D eigenvalue weighted by Gasteiger charge is -2.10. The van der Waals surface area contributed by atoms with Crippen LogP contribution >= 0.6 is 34.9 Å². The summed E-state index contributed by atoms with van der Waals surface area (Å²) in [5, 5.41) is 10.6. The van der Waals surface area contributed by atoms with Crippen molar-refractivity contribution in [2.24, 2.45) is 5.73 Å². The van der Waals surface area contributed by atoms with Crippen LogP contribution in [0.4, 0.5) is 0 Å². The van der Waals surface area contributed by atoms with Crippen molar-refractivity contribution in [3.63, 3.8) is 0 Å². The van der Waals surface area contributed by atoms with Crippen LogP contribution in [0.2, 0.25) is 0 Å². The van der Waals surface area contributed by atoms with E-state index in [0.717, 1.165) is 11.3 Å². The van der Waals surface area contributed by atoms with Crippen LogP contribution in [-0.4, -0.2) is 40.1 Å². The quantitative estimate of drug-likeness (QED) is 0.621. The van der Waals surface area contributed by atoms with Gasteiger partial charge >= 0.3 is 0 Å². The zero-order valence-electron chi connectivity index (χ0n) is 13.7. The van der Waals surface area contributed by atoms with E-state index in [0.29, 0.717) is 15.2 Å². The normalized spacial score (nSPS) is 11.8. The van der Waals surface area contributed by atoms with Crippen LogP contribution in [0.25, 0.3) is 0 Å². The van der Waals surface area contributed by atoms with Crippen molar-refractivity contribution in [3.05, 3.63) is 29.8 Å². The number of nitrogens with two attached hydrogens (primary N) is 1. The maximum atomic E-state index is 12.2. The number of thioether (sulfide) groups is 2. The van der Waals surface area contributed by atoms with Crippen LogP contribution in [-0.2, 0) is 16.1 Å². The van der Waals surface area contributed by atoms with Gasteiger partial charge in [-0.25, -0.2) is 0 Å². The maximum Gasteiger partial charge on any atom is 0.233 e. The smallest absolute Gasteiger partial charge is 0.233 e. The van der Waals surface area contributed by atoms with Crippen LogP contribution in [0, 0.1) is 0 Å². The van der Waals surface area contributed by atoms with E-state index in [-0.39, 0.29) is 16.9 Å². The zero-order chi connectivity index (χ0) is 18.2. The molecule has 0 aliphatic rings. The van der Waals surface area contributed by atoms with Crippen LogP contribution in [0.5, 0.6) is 5.75 Å². The third kappa shape index (κ3) is 6.56. The van der Waals surface area contributed by atoms with Gasteiger partial charge in [0.1, 0.15) is 5.75 Å². The number of benzene rings is 1. The molecule has 7 nitrogen and oxygen atoms in total. The highest BCUT2D eigenvalue weighted by molar-refractivity contribution is 8.04. The minimum atomic E-state index is -0.402. The van der Waals surface area contributed by atoms with Crippen LogP contribution in [0.15, 0.2) is 32.9 Å². The Morgan fingerprint density at radius 2 is 1.96 bits per heavy atom. The molecule has 3 N–H and O–H groups in total. The fraction of sp³-hybridized carbons (Fsp3) is 0.333. The molecule has 10 heteroatoms. The molecule has 25 heavy (non-hydrogen) atoms. The van der Waals surface area contributed by atoms with Crippen molar-refractivity contribution in [2.75, 3.05) is 12.9 Å². The first-order valence-electron chi connectivity index (χ1n) is 7.30. The average Bonchev–Trinajstić information content (AvgIpc) is 3.05. The number of amides is 2. The van der Waals surface area contributed by atoms with E-state index in [2.05, 4.69) is 15.5 Å². The molecular formula is C15H18N4O3S3.